The molecular weight excluding hydrogens is 304 g/mol. The van der Waals surface area contributed by atoms with Crippen LogP contribution in [0.15, 0.2) is 36.8 Å². The van der Waals surface area contributed by atoms with Crippen LogP contribution < -0.4 is 0 Å². The number of aromatic nitrogens is 3. The zero-order chi connectivity index (χ0) is 16.4. The molecule has 128 valence electrons. The van der Waals surface area contributed by atoms with Crippen molar-refractivity contribution in [2.75, 3.05) is 13.2 Å². The molecule has 24 heavy (non-hydrogen) atoms. The van der Waals surface area contributed by atoms with E-state index in [2.05, 4.69) is 21.2 Å². The van der Waals surface area contributed by atoms with Gasteiger partial charge in [-0.05, 0) is 25.0 Å². The van der Waals surface area contributed by atoms with E-state index < -0.39 is 0 Å². The van der Waals surface area contributed by atoms with Crippen molar-refractivity contribution in [1.82, 2.24) is 19.7 Å². The molecule has 6 heteroatoms. The molecule has 0 unspecified atom stereocenters. The third-order valence-corrected chi connectivity index (χ3v) is 4.97. The Bertz CT molecular complexity index is 660. The van der Waals surface area contributed by atoms with E-state index in [9.17, 15) is 0 Å². The van der Waals surface area contributed by atoms with Gasteiger partial charge in [-0.15, -0.1) is 0 Å². The molecule has 1 saturated heterocycles. The lowest BCUT2D eigenvalue weighted by atomic mass is 10.1. The van der Waals surface area contributed by atoms with Crippen LogP contribution in [0.1, 0.15) is 24.1 Å². The summed E-state index contributed by atoms with van der Waals surface area (Å²) in [6.07, 6.45) is 8.35. The third kappa shape index (κ3) is 3.36. The van der Waals surface area contributed by atoms with E-state index in [0.717, 1.165) is 38.2 Å². The summed E-state index contributed by atoms with van der Waals surface area (Å²) in [6.45, 7) is 3.24. The molecule has 0 radical (unpaired) electrons. The number of fused-ring (bicyclic) bond motifs is 1. The van der Waals surface area contributed by atoms with Gasteiger partial charge < -0.3 is 9.47 Å². The first-order chi connectivity index (χ1) is 11.8. The molecule has 2 aromatic rings. The predicted octanol–water partition coefficient (Wildman–Crippen LogP) is 1.76. The minimum atomic E-state index is 0.161. The Balaban J connectivity index is 1.37. The normalized spacial score (nSPS) is 27.3. The number of nitrogens with zero attached hydrogens (tertiary/aromatic N) is 4. The van der Waals surface area contributed by atoms with Crippen LogP contribution in [0.5, 0.6) is 0 Å². The van der Waals surface area contributed by atoms with E-state index in [1.54, 1.807) is 0 Å². The molecule has 2 aromatic heterocycles. The van der Waals surface area contributed by atoms with Gasteiger partial charge in [-0.2, -0.15) is 5.10 Å². The van der Waals surface area contributed by atoms with Gasteiger partial charge in [0.2, 0.25) is 0 Å². The maximum atomic E-state index is 6.13. The highest BCUT2D eigenvalue weighted by atomic mass is 16.5. The summed E-state index contributed by atoms with van der Waals surface area (Å²) in [5.74, 6) is 0. The van der Waals surface area contributed by atoms with Crippen LogP contribution in [0, 0.1) is 0 Å². The van der Waals surface area contributed by atoms with Crippen molar-refractivity contribution in [1.29, 1.82) is 0 Å². The van der Waals surface area contributed by atoms with Gasteiger partial charge in [0.15, 0.2) is 0 Å². The van der Waals surface area contributed by atoms with Crippen LogP contribution in [0.3, 0.4) is 0 Å². The van der Waals surface area contributed by atoms with Gasteiger partial charge in [-0.1, -0.05) is 6.07 Å². The lowest BCUT2D eigenvalue weighted by Crippen LogP contribution is -2.51. The number of aryl methyl sites for hydroxylation is 1. The lowest BCUT2D eigenvalue weighted by Gasteiger charge is -2.38. The Morgan fingerprint density at radius 1 is 1.33 bits per heavy atom. The average molecular weight is 328 g/mol. The van der Waals surface area contributed by atoms with Crippen LogP contribution in [0.25, 0.3) is 0 Å². The number of morpholine rings is 1. The molecule has 3 heterocycles. The molecule has 1 aliphatic heterocycles. The number of ether oxygens (including phenoxy) is 2. The molecule has 3 atom stereocenters. The third-order valence-electron chi connectivity index (χ3n) is 4.97. The van der Waals surface area contributed by atoms with Gasteiger partial charge >= 0.3 is 0 Å². The number of rotatable bonds is 5. The smallest absolute Gasteiger partial charge is 0.0992 e. The summed E-state index contributed by atoms with van der Waals surface area (Å²) >= 11 is 0. The van der Waals surface area contributed by atoms with Gasteiger partial charge in [-0.3, -0.25) is 14.6 Å². The molecular formula is C18H24N4O2. The molecule has 0 spiro atoms. The highest BCUT2D eigenvalue weighted by molar-refractivity contribution is 5.06. The molecule has 0 bridgehead atoms. The number of pyridine rings is 1. The van der Waals surface area contributed by atoms with Crippen molar-refractivity contribution in [3.8, 4) is 0 Å². The van der Waals surface area contributed by atoms with E-state index in [-0.39, 0.29) is 12.2 Å². The Morgan fingerprint density at radius 3 is 3.08 bits per heavy atom. The molecule has 4 rings (SSSR count). The van der Waals surface area contributed by atoms with Gasteiger partial charge in [0, 0.05) is 44.1 Å². The van der Waals surface area contributed by atoms with Crippen molar-refractivity contribution in [3.05, 3.63) is 48.0 Å². The molecule has 0 N–H and O–H groups in total. The summed E-state index contributed by atoms with van der Waals surface area (Å²) in [5, 5.41) is 4.27. The highest BCUT2D eigenvalue weighted by Gasteiger charge is 2.43. The standard InChI is InChI=1S/C18H24N4O2/c1-21-11-14(10-20-21)12-22-8-9-23-18-16(22)5-6-17(18)24-13-15-4-2-3-7-19-15/h2-4,7,10-11,16-18H,5-6,8-9,12-13H2,1H3/t16-,17-,18+/m0/s1. The number of hydrogen-bond donors (Lipinski definition) is 0. The van der Waals surface area contributed by atoms with E-state index >= 15 is 0 Å². The monoisotopic (exact) mass is 328 g/mol. The van der Waals surface area contributed by atoms with Gasteiger partial charge in [0.05, 0.1) is 37.3 Å². The molecule has 0 aromatic carbocycles. The first-order valence-electron chi connectivity index (χ1n) is 8.64. The quantitative estimate of drug-likeness (QED) is 0.837. The molecule has 2 aliphatic rings. The Hall–Kier alpha value is -1.76. The largest absolute Gasteiger partial charge is 0.373 e. The Kier molecular flexibility index (Phi) is 4.60. The SMILES string of the molecule is Cn1cc(CN2CCO[C@H]3[C@@H](OCc4ccccn4)CC[C@@H]32)cn1. The fourth-order valence-electron chi connectivity index (χ4n) is 3.83. The fourth-order valence-corrected chi connectivity index (χ4v) is 3.83. The summed E-state index contributed by atoms with van der Waals surface area (Å²) in [6, 6.07) is 6.36. The van der Waals surface area contributed by atoms with Crippen LogP contribution >= 0.6 is 0 Å². The summed E-state index contributed by atoms with van der Waals surface area (Å²) in [4.78, 5) is 6.85. The van der Waals surface area contributed by atoms with Crippen molar-refractivity contribution >= 4 is 0 Å². The van der Waals surface area contributed by atoms with E-state index in [1.165, 1.54) is 5.56 Å². The van der Waals surface area contributed by atoms with Crippen molar-refractivity contribution < 1.29 is 9.47 Å². The number of hydrogen-bond acceptors (Lipinski definition) is 5. The average Bonchev–Trinajstić information content (AvgIpc) is 3.21. The minimum absolute atomic E-state index is 0.161. The molecule has 1 saturated carbocycles. The summed E-state index contributed by atoms with van der Waals surface area (Å²) in [5.41, 5.74) is 2.24. The Labute approximate surface area is 142 Å². The fraction of sp³-hybridized carbons (Fsp3) is 0.556. The van der Waals surface area contributed by atoms with E-state index in [4.69, 9.17) is 9.47 Å². The molecule has 1 aliphatic carbocycles. The molecule has 0 amide bonds. The molecule has 2 fully saturated rings. The lowest BCUT2D eigenvalue weighted by molar-refractivity contribution is -0.119. The summed E-state index contributed by atoms with van der Waals surface area (Å²) in [7, 11) is 1.96. The second-order valence-corrected chi connectivity index (χ2v) is 6.64. The zero-order valence-corrected chi connectivity index (χ0v) is 14.0. The van der Waals surface area contributed by atoms with Gasteiger partial charge in [-0.25, -0.2) is 0 Å². The first-order valence-corrected chi connectivity index (χ1v) is 8.64. The van der Waals surface area contributed by atoms with E-state index in [0.29, 0.717) is 12.6 Å². The topological polar surface area (TPSA) is 52.4 Å². The van der Waals surface area contributed by atoms with Gasteiger partial charge in [0.1, 0.15) is 0 Å². The first kappa shape index (κ1) is 15.7. The van der Waals surface area contributed by atoms with Crippen LogP contribution in [0.4, 0.5) is 0 Å². The van der Waals surface area contributed by atoms with Crippen molar-refractivity contribution in [2.45, 2.75) is 44.2 Å². The second-order valence-electron chi connectivity index (χ2n) is 6.64. The Morgan fingerprint density at radius 2 is 2.29 bits per heavy atom. The predicted molar refractivity (Wildman–Crippen MR) is 89.2 cm³/mol. The highest BCUT2D eigenvalue weighted by Crippen LogP contribution is 2.33. The van der Waals surface area contributed by atoms with Crippen LogP contribution in [0.2, 0.25) is 0 Å². The molecule has 6 nitrogen and oxygen atoms in total. The van der Waals surface area contributed by atoms with E-state index in [1.807, 2.05) is 42.3 Å². The minimum Gasteiger partial charge on any atom is -0.373 e. The van der Waals surface area contributed by atoms with Gasteiger partial charge in [0.25, 0.3) is 0 Å². The zero-order valence-electron chi connectivity index (χ0n) is 14.0. The summed E-state index contributed by atoms with van der Waals surface area (Å²) < 4.78 is 14.1. The van der Waals surface area contributed by atoms with Crippen molar-refractivity contribution in [2.24, 2.45) is 7.05 Å². The van der Waals surface area contributed by atoms with Crippen LogP contribution in [-0.2, 0) is 29.7 Å². The maximum absolute atomic E-state index is 6.13. The second kappa shape index (κ2) is 7.01. The van der Waals surface area contributed by atoms with Crippen molar-refractivity contribution in [3.63, 3.8) is 0 Å². The van der Waals surface area contributed by atoms with Crippen LogP contribution in [-0.4, -0.2) is 51.1 Å². The maximum Gasteiger partial charge on any atom is 0.0992 e.